The maximum Gasteiger partial charge on any atom is 0.276 e. The zero-order chi connectivity index (χ0) is 23.9. The van der Waals surface area contributed by atoms with Crippen LogP contribution in [0.1, 0.15) is 32.9 Å². The summed E-state index contributed by atoms with van der Waals surface area (Å²) in [6.07, 6.45) is 1.54. The Morgan fingerprint density at radius 1 is 1.15 bits per heavy atom. The molecule has 5 N–H and O–H groups in total. The number of aromatic amines is 1. The second kappa shape index (κ2) is 8.39. The summed E-state index contributed by atoms with van der Waals surface area (Å²) in [5.74, 6) is -1.09. The van der Waals surface area contributed by atoms with E-state index >= 15 is 0 Å². The number of hydroxylamine groups is 1. The topological polar surface area (TPSA) is 140 Å². The summed E-state index contributed by atoms with van der Waals surface area (Å²) in [6, 6.07) is 10.6. The smallest absolute Gasteiger partial charge is 0.276 e. The molecular weight excluding hydrogens is 468 g/mol. The molecular formula is C22H19ClN4O5S. The number of H-pyrrole nitrogens is 1. The summed E-state index contributed by atoms with van der Waals surface area (Å²) in [5.41, 5.74) is 4.76. The van der Waals surface area contributed by atoms with Crippen LogP contribution in [0.5, 0.6) is 0 Å². The summed E-state index contributed by atoms with van der Waals surface area (Å²) in [6.45, 7) is 3.33. The van der Waals surface area contributed by atoms with Crippen molar-refractivity contribution in [3.8, 4) is 0 Å². The van der Waals surface area contributed by atoms with Crippen LogP contribution in [0, 0.1) is 13.8 Å². The molecule has 0 fully saturated rings. The van der Waals surface area contributed by atoms with Gasteiger partial charge in [0.15, 0.2) is 0 Å². The molecule has 2 aromatic carbocycles. The quantitative estimate of drug-likeness (QED) is 0.212. The highest BCUT2D eigenvalue weighted by atomic mass is 35.5. The van der Waals surface area contributed by atoms with E-state index in [1.165, 1.54) is 24.3 Å². The molecule has 0 aliphatic carbocycles. The van der Waals surface area contributed by atoms with Gasteiger partial charge in [-0.15, -0.1) is 0 Å². The molecule has 1 aliphatic rings. The van der Waals surface area contributed by atoms with Gasteiger partial charge in [0.05, 0.1) is 21.7 Å². The Bertz CT molecular complexity index is 1440. The molecule has 0 unspecified atom stereocenters. The lowest BCUT2D eigenvalue weighted by atomic mass is 10.0. The van der Waals surface area contributed by atoms with Gasteiger partial charge < -0.3 is 10.3 Å². The van der Waals surface area contributed by atoms with E-state index in [4.69, 9.17) is 16.8 Å². The minimum absolute atomic E-state index is 0.0386. The lowest BCUT2D eigenvalue weighted by molar-refractivity contribution is -0.110. The van der Waals surface area contributed by atoms with E-state index in [1.807, 2.05) is 0 Å². The Morgan fingerprint density at radius 2 is 1.91 bits per heavy atom. The van der Waals surface area contributed by atoms with Crippen LogP contribution in [0.3, 0.4) is 0 Å². The summed E-state index contributed by atoms with van der Waals surface area (Å²) in [5, 5.41) is 12.1. The molecule has 1 aromatic heterocycles. The van der Waals surface area contributed by atoms with E-state index in [0.29, 0.717) is 38.9 Å². The van der Waals surface area contributed by atoms with E-state index in [2.05, 4.69) is 15.0 Å². The van der Waals surface area contributed by atoms with Crippen molar-refractivity contribution in [1.82, 2.24) is 10.5 Å². The number of aryl methyl sites for hydroxylation is 1. The number of benzene rings is 2. The van der Waals surface area contributed by atoms with Gasteiger partial charge in [-0.1, -0.05) is 17.7 Å². The molecule has 33 heavy (non-hydrogen) atoms. The van der Waals surface area contributed by atoms with Crippen LogP contribution in [-0.4, -0.2) is 30.4 Å². The first-order valence-electron chi connectivity index (χ1n) is 9.70. The molecule has 1 aliphatic heterocycles. The normalized spacial score (nSPS) is 14.2. The van der Waals surface area contributed by atoms with Crippen LogP contribution in [0.25, 0.3) is 11.6 Å². The van der Waals surface area contributed by atoms with E-state index < -0.39 is 21.8 Å². The number of hydrogen-bond acceptors (Lipinski definition) is 5. The van der Waals surface area contributed by atoms with Gasteiger partial charge in [0.25, 0.3) is 21.8 Å². The number of carbonyl (C=O) groups excluding carboxylic acids is 2. The number of anilines is 2. The Balaban J connectivity index is 1.75. The SMILES string of the molecule is Cc1[nH]c(/C=C2/C(=O)Nc3ccc(S(=O)(=O)Nc4cccc(Cl)c4)cc32)c(C)c1C(=O)NO. The summed E-state index contributed by atoms with van der Waals surface area (Å²) in [4.78, 5) is 27.5. The third-order valence-corrected chi connectivity index (χ3v) is 6.87. The minimum atomic E-state index is -3.95. The average Bonchev–Trinajstić information content (AvgIpc) is 3.22. The first kappa shape index (κ1) is 22.6. The van der Waals surface area contributed by atoms with Crippen molar-refractivity contribution in [3.63, 3.8) is 0 Å². The summed E-state index contributed by atoms with van der Waals surface area (Å²) < 4.78 is 28.3. The van der Waals surface area contributed by atoms with Crippen molar-refractivity contribution < 1.29 is 23.2 Å². The Labute approximate surface area is 194 Å². The molecule has 3 aromatic rings. The molecule has 11 heteroatoms. The number of sulfonamides is 1. The molecule has 0 radical (unpaired) electrons. The number of amides is 2. The Hall–Kier alpha value is -3.60. The fraction of sp³-hybridized carbons (Fsp3) is 0.0909. The van der Waals surface area contributed by atoms with Gasteiger partial charge in [0.1, 0.15) is 0 Å². The maximum atomic E-state index is 12.9. The molecule has 0 saturated carbocycles. The van der Waals surface area contributed by atoms with Crippen LogP contribution in [0.2, 0.25) is 5.02 Å². The van der Waals surface area contributed by atoms with Gasteiger partial charge in [-0.2, -0.15) is 0 Å². The summed E-state index contributed by atoms with van der Waals surface area (Å²) >= 11 is 5.93. The summed E-state index contributed by atoms with van der Waals surface area (Å²) in [7, 11) is -3.95. The van der Waals surface area contributed by atoms with Gasteiger partial charge in [-0.25, -0.2) is 13.9 Å². The van der Waals surface area contributed by atoms with Crippen molar-refractivity contribution in [3.05, 3.63) is 75.6 Å². The third kappa shape index (κ3) is 4.23. The lowest BCUT2D eigenvalue weighted by Crippen LogP contribution is -2.19. The second-order valence-electron chi connectivity index (χ2n) is 7.44. The first-order valence-corrected chi connectivity index (χ1v) is 11.6. The molecule has 2 amide bonds. The number of rotatable bonds is 5. The number of hydrogen-bond donors (Lipinski definition) is 5. The molecule has 0 bridgehead atoms. The fourth-order valence-corrected chi connectivity index (χ4v) is 4.97. The zero-order valence-electron chi connectivity index (χ0n) is 17.5. The third-order valence-electron chi connectivity index (χ3n) is 5.25. The zero-order valence-corrected chi connectivity index (χ0v) is 19.1. The van der Waals surface area contributed by atoms with E-state index in [1.54, 1.807) is 43.6 Å². The van der Waals surface area contributed by atoms with E-state index in [9.17, 15) is 18.0 Å². The maximum absolute atomic E-state index is 12.9. The molecule has 0 spiro atoms. The van der Waals surface area contributed by atoms with Gasteiger partial charge in [0, 0.05) is 27.7 Å². The number of aromatic nitrogens is 1. The lowest BCUT2D eigenvalue weighted by Gasteiger charge is -2.10. The van der Waals surface area contributed by atoms with E-state index in [0.717, 1.165) is 0 Å². The predicted molar refractivity (Wildman–Crippen MR) is 125 cm³/mol. The highest BCUT2D eigenvalue weighted by Crippen LogP contribution is 2.36. The van der Waals surface area contributed by atoms with Crippen LogP contribution < -0.4 is 15.5 Å². The number of halogens is 1. The van der Waals surface area contributed by atoms with Crippen molar-refractivity contribution in [1.29, 1.82) is 0 Å². The Morgan fingerprint density at radius 3 is 2.61 bits per heavy atom. The number of nitrogens with one attached hydrogen (secondary N) is 4. The van der Waals surface area contributed by atoms with Gasteiger partial charge in [-0.3, -0.25) is 19.5 Å². The van der Waals surface area contributed by atoms with Crippen molar-refractivity contribution in [2.24, 2.45) is 0 Å². The van der Waals surface area contributed by atoms with Crippen molar-refractivity contribution in [2.75, 3.05) is 10.0 Å². The van der Waals surface area contributed by atoms with E-state index in [-0.39, 0.29) is 16.0 Å². The Kier molecular flexibility index (Phi) is 5.75. The fourth-order valence-electron chi connectivity index (χ4n) is 3.70. The number of fused-ring (bicyclic) bond motifs is 1. The number of carbonyl (C=O) groups is 2. The second-order valence-corrected chi connectivity index (χ2v) is 9.56. The highest BCUT2D eigenvalue weighted by Gasteiger charge is 2.28. The molecule has 4 rings (SSSR count). The van der Waals surface area contributed by atoms with Crippen molar-refractivity contribution >= 4 is 56.5 Å². The van der Waals surface area contributed by atoms with Crippen LogP contribution in [0.15, 0.2) is 47.4 Å². The monoisotopic (exact) mass is 486 g/mol. The van der Waals surface area contributed by atoms with Crippen LogP contribution in [0.4, 0.5) is 11.4 Å². The molecule has 170 valence electrons. The van der Waals surface area contributed by atoms with Gasteiger partial charge in [-0.05, 0) is 61.9 Å². The molecule has 2 heterocycles. The average molecular weight is 487 g/mol. The highest BCUT2D eigenvalue weighted by molar-refractivity contribution is 7.92. The first-order chi connectivity index (χ1) is 15.6. The standard InChI is InChI=1S/C22H19ClN4O5S/c1-11-19(24-12(2)20(11)22(29)26-30)10-17-16-9-15(6-7-18(16)25-21(17)28)33(31,32)27-14-5-3-4-13(23)8-14/h3-10,24,27,30H,1-2H3,(H,25,28)(H,26,29)/b17-10+. The van der Waals surface area contributed by atoms with Gasteiger partial charge >= 0.3 is 0 Å². The molecule has 9 nitrogen and oxygen atoms in total. The van der Waals surface area contributed by atoms with Gasteiger partial charge in [0.2, 0.25) is 0 Å². The van der Waals surface area contributed by atoms with Crippen LogP contribution in [-0.2, 0) is 14.8 Å². The predicted octanol–water partition coefficient (Wildman–Crippen LogP) is 3.70. The van der Waals surface area contributed by atoms with Crippen LogP contribution >= 0.6 is 11.6 Å². The minimum Gasteiger partial charge on any atom is -0.358 e. The van der Waals surface area contributed by atoms with Crippen molar-refractivity contribution in [2.45, 2.75) is 18.7 Å². The molecule has 0 atom stereocenters. The largest absolute Gasteiger partial charge is 0.358 e. The molecule has 0 saturated heterocycles.